The number of benzene rings is 2. The van der Waals surface area contributed by atoms with Crippen LogP contribution in [0.5, 0.6) is 5.75 Å². The van der Waals surface area contributed by atoms with Crippen molar-refractivity contribution >= 4 is 33.6 Å². The molecule has 28 heavy (non-hydrogen) atoms. The Morgan fingerprint density at radius 2 is 1.86 bits per heavy atom. The highest BCUT2D eigenvalue weighted by Crippen LogP contribution is 2.27. The fraction of sp³-hybridized carbons (Fsp3) is 0.217. The number of nitrogens with zero attached hydrogens (tertiary/aromatic N) is 2. The van der Waals surface area contributed by atoms with Crippen molar-refractivity contribution in [1.82, 2.24) is 4.98 Å². The fourth-order valence-electron chi connectivity index (χ4n) is 3.31. The Hall–Kier alpha value is -3.34. The topological polar surface area (TPSA) is 55.6 Å². The number of methoxy groups -OCH3 is 1. The molecule has 0 saturated carbocycles. The van der Waals surface area contributed by atoms with E-state index in [4.69, 9.17) is 9.15 Å². The van der Waals surface area contributed by atoms with E-state index < -0.39 is 0 Å². The van der Waals surface area contributed by atoms with Crippen LogP contribution in [-0.2, 0) is 0 Å². The van der Waals surface area contributed by atoms with Crippen molar-refractivity contribution in [2.24, 2.45) is 0 Å². The maximum atomic E-state index is 13.1. The number of pyridine rings is 1. The van der Waals surface area contributed by atoms with E-state index in [1.165, 1.54) is 5.56 Å². The van der Waals surface area contributed by atoms with Gasteiger partial charge in [-0.2, -0.15) is 0 Å². The van der Waals surface area contributed by atoms with Crippen LogP contribution in [-0.4, -0.2) is 24.5 Å². The van der Waals surface area contributed by atoms with E-state index in [-0.39, 0.29) is 11.7 Å². The van der Waals surface area contributed by atoms with E-state index in [0.717, 1.165) is 33.3 Å². The monoisotopic (exact) mass is 374 g/mol. The average Bonchev–Trinajstić information content (AvgIpc) is 3.11. The van der Waals surface area contributed by atoms with Crippen LogP contribution >= 0.6 is 0 Å². The van der Waals surface area contributed by atoms with Gasteiger partial charge in [0.2, 0.25) is 5.71 Å². The molecule has 0 unspecified atom stereocenters. The maximum Gasteiger partial charge on any atom is 0.294 e. The smallest absolute Gasteiger partial charge is 0.294 e. The molecule has 0 radical (unpaired) electrons. The van der Waals surface area contributed by atoms with Gasteiger partial charge in [0.1, 0.15) is 5.75 Å². The number of aryl methyl sites for hydroxylation is 2. The lowest BCUT2D eigenvalue weighted by molar-refractivity contribution is 0.0963. The largest absolute Gasteiger partial charge is 0.497 e. The Kier molecular flexibility index (Phi) is 4.51. The van der Waals surface area contributed by atoms with Crippen LogP contribution in [0.2, 0.25) is 0 Å². The van der Waals surface area contributed by atoms with Crippen molar-refractivity contribution in [3.05, 3.63) is 65.4 Å². The third-order valence-corrected chi connectivity index (χ3v) is 5.09. The number of amides is 1. The summed E-state index contributed by atoms with van der Waals surface area (Å²) < 4.78 is 11.1. The molecule has 0 atom stereocenters. The lowest BCUT2D eigenvalue weighted by atomic mass is 10.1. The third kappa shape index (κ3) is 3.09. The molecule has 0 aliphatic rings. The second-order valence-electron chi connectivity index (χ2n) is 6.87. The van der Waals surface area contributed by atoms with Crippen LogP contribution in [0.3, 0.4) is 0 Å². The first-order valence-electron chi connectivity index (χ1n) is 9.27. The van der Waals surface area contributed by atoms with E-state index in [2.05, 4.69) is 11.9 Å². The van der Waals surface area contributed by atoms with Gasteiger partial charge in [0.15, 0.2) is 5.76 Å². The Balaban J connectivity index is 1.75. The molecule has 4 rings (SSSR count). The molecule has 0 fully saturated rings. The average molecular weight is 374 g/mol. The van der Waals surface area contributed by atoms with E-state index in [0.29, 0.717) is 12.3 Å². The number of aromatic nitrogens is 1. The van der Waals surface area contributed by atoms with Crippen LogP contribution in [0.4, 0.5) is 5.69 Å². The summed E-state index contributed by atoms with van der Waals surface area (Å²) >= 11 is 0. The van der Waals surface area contributed by atoms with Gasteiger partial charge in [-0.1, -0.05) is 6.07 Å². The molecular weight excluding hydrogens is 352 g/mol. The summed E-state index contributed by atoms with van der Waals surface area (Å²) in [5, 5.41) is 1.77. The highest BCUT2D eigenvalue weighted by Gasteiger charge is 2.21. The van der Waals surface area contributed by atoms with Gasteiger partial charge in [-0.15, -0.1) is 0 Å². The van der Waals surface area contributed by atoms with Gasteiger partial charge in [0, 0.05) is 29.1 Å². The molecule has 0 spiro atoms. The van der Waals surface area contributed by atoms with Crippen LogP contribution in [0.1, 0.15) is 28.6 Å². The number of carbonyl (C=O) groups excluding carboxylic acids is 1. The maximum absolute atomic E-state index is 13.1. The number of hydrogen-bond acceptors (Lipinski definition) is 4. The summed E-state index contributed by atoms with van der Waals surface area (Å²) in [6.45, 7) is 6.60. The Morgan fingerprint density at radius 3 is 2.57 bits per heavy atom. The summed E-state index contributed by atoms with van der Waals surface area (Å²) in [7, 11) is 1.62. The Labute approximate surface area is 163 Å². The highest BCUT2D eigenvalue weighted by atomic mass is 16.5. The van der Waals surface area contributed by atoms with Crippen molar-refractivity contribution in [3.8, 4) is 5.75 Å². The van der Waals surface area contributed by atoms with Crippen LogP contribution in [0, 0.1) is 13.8 Å². The molecule has 0 N–H and O–H groups in total. The minimum absolute atomic E-state index is 0.176. The molecule has 142 valence electrons. The predicted molar refractivity (Wildman–Crippen MR) is 111 cm³/mol. The predicted octanol–water partition coefficient (Wildman–Crippen LogP) is 5.27. The minimum atomic E-state index is -0.176. The number of ether oxygens (including phenoxy) is 1. The van der Waals surface area contributed by atoms with Gasteiger partial charge in [0.25, 0.3) is 5.91 Å². The first-order chi connectivity index (χ1) is 13.5. The van der Waals surface area contributed by atoms with E-state index >= 15 is 0 Å². The normalized spacial score (nSPS) is 11.1. The quantitative estimate of drug-likeness (QED) is 0.488. The molecule has 1 amide bonds. The van der Waals surface area contributed by atoms with Gasteiger partial charge < -0.3 is 14.1 Å². The second kappa shape index (κ2) is 7.00. The van der Waals surface area contributed by atoms with Crippen LogP contribution < -0.4 is 9.64 Å². The van der Waals surface area contributed by atoms with Crippen molar-refractivity contribution in [2.45, 2.75) is 20.8 Å². The lowest BCUT2D eigenvalue weighted by Crippen LogP contribution is -2.30. The summed E-state index contributed by atoms with van der Waals surface area (Å²) in [4.78, 5) is 19.4. The molecule has 5 nitrogen and oxygen atoms in total. The second-order valence-corrected chi connectivity index (χ2v) is 6.87. The van der Waals surface area contributed by atoms with Crippen LogP contribution in [0.25, 0.3) is 22.0 Å². The van der Waals surface area contributed by atoms with Crippen molar-refractivity contribution in [1.29, 1.82) is 0 Å². The molecule has 0 aliphatic heterocycles. The summed E-state index contributed by atoms with van der Waals surface area (Å²) in [5.74, 6) is 0.837. The molecule has 0 saturated heterocycles. The number of hydrogen-bond donors (Lipinski definition) is 0. The number of furan rings is 1. The zero-order valence-corrected chi connectivity index (χ0v) is 16.4. The third-order valence-electron chi connectivity index (χ3n) is 5.09. The number of anilines is 1. The summed E-state index contributed by atoms with van der Waals surface area (Å²) in [6, 6.07) is 15.4. The SMILES string of the molecule is CCN(C(=O)c1cc2cc3ccc(OC)cc3nc2o1)c1ccc(C)c(C)c1. The molecule has 2 aromatic carbocycles. The number of carbonyl (C=O) groups is 1. The minimum Gasteiger partial charge on any atom is -0.497 e. The molecular formula is C23H22N2O3. The van der Waals surface area contributed by atoms with Gasteiger partial charge in [0.05, 0.1) is 12.6 Å². The van der Waals surface area contributed by atoms with Gasteiger partial charge in [-0.05, 0) is 68.3 Å². The number of rotatable bonds is 4. The van der Waals surface area contributed by atoms with E-state index in [1.807, 2.05) is 56.3 Å². The van der Waals surface area contributed by atoms with Gasteiger partial charge in [-0.3, -0.25) is 4.79 Å². The van der Waals surface area contributed by atoms with Crippen molar-refractivity contribution < 1.29 is 13.9 Å². The molecule has 0 aliphatic carbocycles. The first kappa shape index (κ1) is 18.0. The molecule has 2 aromatic heterocycles. The Morgan fingerprint density at radius 1 is 1.04 bits per heavy atom. The summed E-state index contributed by atoms with van der Waals surface area (Å²) in [6.07, 6.45) is 0. The van der Waals surface area contributed by atoms with Crippen LogP contribution in [0.15, 0.2) is 52.9 Å². The fourth-order valence-corrected chi connectivity index (χ4v) is 3.31. The molecule has 0 bridgehead atoms. The molecule has 5 heteroatoms. The van der Waals surface area contributed by atoms with Crippen molar-refractivity contribution in [3.63, 3.8) is 0 Å². The first-order valence-corrected chi connectivity index (χ1v) is 9.27. The van der Waals surface area contributed by atoms with Gasteiger partial charge >= 0.3 is 0 Å². The van der Waals surface area contributed by atoms with E-state index in [9.17, 15) is 4.79 Å². The van der Waals surface area contributed by atoms with Crippen molar-refractivity contribution in [2.75, 3.05) is 18.6 Å². The standard InChI is InChI=1S/C23H22N2O3/c1-5-25(18-8-6-14(2)15(3)10-18)23(26)21-12-17-11-16-7-9-19(27-4)13-20(16)24-22(17)28-21/h6-13H,5H2,1-4H3. The lowest BCUT2D eigenvalue weighted by Gasteiger charge is -2.20. The highest BCUT2D eigenvalue weighted by molar-refractivity contribution is 6.06. The summed E-state index contributed by atoms with van der Waals surface area (Å²) in [5.41, 5.74) is 4.42. The Bertz CT molecular complexity index is 1190. The zero-order valence-electron chi connectivity index (χ0n) is 16.4. The number of fused-ring (bicyclic) bond motifs is 2. The zero-order chi connectivity index (χ0) is 19.8. The van der Waals surface area contributed by atoms with E-state index in [1.54, 1.807) is 18.1 Å². The molecule has 2 heterocycles. The molecule has 4 aromatic rings. The van der Waals surface area contributed by atoms with Gasteiger partial charge in [-0.25, -0.2) is 4.98 Å².